The first-order valence-electron chi connectivity index (χ1n) is 6.29. The Morgan fingerprint density at radius 3 is 2.50 bits per heavy atom. The van der Waals surface area contributed by atoms with Crippen molar-refractivity contribution < 1.29 is 14.7 Å². The van der Waals surface area contributed by atoms with Crippen LogP contribution in [0.3, 0.4) is 0 Å². The third-order valence-electron chi connectivity index (χ3n) is 3.27. The van der Waals surface area contributed by atoms with E-state index in [1.54, 1.807) is 13.0 Å². The fourth-order valence-electron chi connectivity index (χ4n) is 1.83. The maximum absolute atomic E-state index is 12.3. The van der Waals surface area contributed by atoms with Crippen LogP contribution >= 0.6 is 15.9 Å². The molecule has 2 N–H and O–H groups in total. The number of carbonyl (C=O) groups is 2. The van der Waals surface area contributed by atoms with Crippen LogP contribution in [0.4, 0.5) is 10.5 Å². The Bertz CT molecular complexity index is 529. The lowest BCUT2D eigenvalue weighted by Gasteiger charge is -2.34. The van der Waals surface area contributed by atoms with Crippen LogP contribution in [0.5, 0.6) is 0 Å². The van der Waals surface area contributed by atoms with E-state index < -0.39 is 17.5 Å². The van der Waals surface area contributed by atoms with Crippen molar-refractivity contribution in [2.45, 2.75) is 33.2 Å². The molecule has 0 saturated carbocycles. The number of benzene rings is 1. The Labute approximate surface area is 127 Å². The van der Waals surface area contributed by atoms with Crippen LogP contribution in [0, 0.1) is 6.92 Å². The number of hydrogen-bond acceptors (Lipinski definition) is 2. The zero-order valence-corrected chi connectivity index (χ0v) is 13.6. The molecule has 0 atom stereocenters. The fourth-order valence-corrected chi connectivity index (χ4v) is 2.20. The standard InChI is InChI=1S/C14H19BrN2O3/c1-5-17(14(3,4)12(18)19)13(20)16-11-8-6-7-10(15)9(11)2/h6-8H,5H2,1-4H3,(H,16,20)(H,18,19). The Kier molecular flexibility index (Phi) is 5.16. The summed E-state index contributed by atoms with van der Waals surface area (Å²) in [5, 5.41) is 12.0. The Morgan fingerprint density at radius 1 is 1.40 bits per heavy atom. The number of urea groups is 1. The molecule has 0 fully saturated rings. The molecular weight excluding hydrogens is 324 g/mol. The maximum Gasteiger partial charge on any atom is 0.329 e. The van der Waals surface area contributed by atoms with Gasteiger partial charge in [0.25, 0.3) is 0 Å². The maximum atomic E-state index is 12.3. The Hall–Kier alpha value is -1.56. The molecule has 1 rings (SSSR count). The highest BCUT2D eigenvalue weighted by molar-refractivity contribution is 9.10. The average molecular weight is 343 g/mol. The summed E-state index contributed by atoms with van der Waals surface area (Å²) in [5.74, 6) is -1.04. The van der Waals surface area contributed by atoms with E-state index >= 15 is 0 Å². The van der Waals surface area contributed by atoms with Crippen LogP contribution in [-0.2, 0) is 4.79 Å². The van der Waals surface area contributed by atoms with Gasteiger partial charge in [-0.15, -0.1) is 0 Å². The normalized spacial score (nSPS) is 11.1. The van der Waals surface area contributed by atoms with Crippen molar-refractivity contribution in [3.8, 4) is 0 Å². The van der Waals surface area contributed by atoms with Gasteiger partial charge in [0.2, 0.25) is 0 Å². The molecular formula is C14H19BrN2O3. The molecule has 6 heteroatoms. The van der Waals surface area contributed by atoms with Crippen LogP contribution < -0.4 is 5.32 Å². The summed E-state index contributed by atoms with van der Waals surface area (Å²) < 4.78 is 0.885. The molecule has 110 valence electrons. The second-order valence-corrected chi connectivity index (χ2v) is 5.81. The van der Waals surface area contributed by atoms with E-state index in [-0.39, 0.29) is 0 Å². The van der Waals surface area contributed by atoms with E-state index in [9.17, 15) is 14.7 Å². The lowest BCUT2D eigenvalue weighted by Crippen LogP contribution is -2.54. The largest absolute Gasteiger partial charge is 0.480 e. The first kappa shape index (κ1) is 16.5. The third kappa shape index (κ3) is 3.30. The lowest BCUT2D eigenvalue weighted by atomic mass is 10.0. The molecule has 5 nitrogen and oxygen atoms in total. The van der Waals surface area contributed by atoms with Gasteiger partial charge in [0.15, 0.2) is 0 Å². The first-order valence-corrected chi connectivity index (χ1v) is 7.08. The number of carboxylic acids is 1. The van der Waals surface area contributed by atoms with Crippen molar-refractivity contribution in [1.29, 1.82) is 0 Å². The summed E-state index contributed by atoms with van der Waals surface area (Å²) in [5.41, 5.74) is 0.285. The van der Waals surface area contributed by atoms with Gasteiger partial charge in [0.05, 0.1) is 0 Å². The molecule has 1 aromatic rings. The molecule has 0 spiro atoms. The molecule has 0 heterocycles. The minimum Gasteiger partial charge on any atom is -0.480 e. The molecule has 0 aliphatic heterocycles. The first-order chi connectivity index (χ1) is 9.21. The van der Waals surface area contributed by atoms with Crippen LogP contribution in [0.2, 0.25) is 0 Å². The number of anilines is 1. The second kappa shape index (κ2) is 6.26. The molecule has 20 heavy (non-hydrogen) atoms. The zero-order chi connectivity index (χ0) is 15.5. The van der Waals surface area contributed by atoms with Crippen LogP contribution in [-0.4, -0.2) is 34.1 Å². The van der Waals surface area contributed by atoms with E-state index in [1.807, 2.05) is 19.1 Å². The SMILES string of the molecule is CCN(C(=O)Nc1cccc(Br)c1C)C(C)(C)C(=O)O. The summed E-state index contributed by atoms with van der Waals surface area (Å²) in [7, 11) is 0. The molecule has 0 aromatic heterocycles. The van der Waals surface area contributed by atoms with Crippen molar-refractivity contribution >= 4 is 33.6 Å². The van der Waals surface area contributed by atoms with Gasteiger partial charge in [-0.1, -0.05) is 22.0 Å². The summed E-state index contributed by atoms with van der Waals surface area (Å²) >= 11 is 3.39. The number of hydrogen-bond donors (Lipinski definition) is 2. The highest BCUT2D eigenvalue weighted by atomic mass is 79.9. The lowest BCUT2D eigenvalue weighted by molar-refractivity contribution is -0.147. The number of likely N-dealkylation sites (N-methyl/N-ethyl adjacent to an activating group) is 1. The molecule has 0 aliphatic rings. The van der Waals surface area contributed by atoms with Gasteiger partial charge in [-0.2, -0.15) is 0 Å². The van der Waals surface area contributed by atoms with Gasteiger partial charge in [-0.3, -0.25) is 0 Å². The molecule has 2 amide bonds. The van der Waals surface area contributed by atoms with Gasteiger partial charge in [-0.25, -0.2) is 9.59 Å². The predicted octanol–water partition coefficient (Wildman–Crippen LogP) is 3.47. The zero-order valence-electron chi connectivity index (χ0n) is 12.0. The third-order valence-corrected chi connectivity index (χ3v) is 4.13. The second-order valence-electron chi connectivity index (χ2n) is 4.95. The number of nitrogens with zero attached hydrogens (tertiary/aromatic N) is 1. The molecule has 0 bridgehead atoms. The summed E-state index contributed by atoms with van der Waals surface area (Å²) in [6.07, 6.45) is 0. The number of carbonyl (C=O) groups excluding carboxylic acids is 1. The number of amides is 2. The number of halogens is 1. The van der Waals surface area contributed by atoms with Crippen molar-refractivity contribution in [1.82, 2.24) is 4.90 Å². The smallest absolute Gasteiger partial charge is 0.329 e. The highest BCUT2D eigenvalue weighted by Crippen LogP contribution is 2.24. The quantitative estimate of drug-likeness (QED) is 0.879. The number of aliphatic carboxylic acids is 1. The number of carboxylic acid groups (broad SMARTS) is 1. The highest BCUT2D eigenvalue weighted by Gasteiger charge is 2.37. The topological polar surface area (TPSA) is 69.6 Å². The van der Waals surface area contributed by atoms with E-state index in [1.165, 1.54) is 18.7 Å². The molecule has 0 saturated heterocycles. The molecule has 0 radical (unpaired) electrons. The van der Waals surface area contributed by atoms with E-state index in [0.717, 1.165) is 10.0 Å². The van der Waals surface area contributed by atoms with Gasteiger partial charge < -0.3 is 15.3 Å². The fraction of sp³-hybridized carbons (Fsp3) is 0.429. The minimum absolute atomic E-state index is 0.304. The molecule has 0 unspecified atom stereocenters. The number of rotatable bonds is 4. The summed E-state index contributed by atoms with van der Waals surface area (Å²) in [6.45, 7) is 6.94. The van der Waals surface area contributed by atoms with Crippen molar-refractivity contribution in [3.05, 3.63) is 28.2 Å². The van der Waals surface area contributed by atoms with Gasteiger partial charge in [0, 0.05) is 16.7 Å². The van der Waals surface area contributed by atoms with Crippen molar-refractivity contribution in [2.24, 2.45) is 0 Å². The van der Waals surface area contributed by atoms with Crippen LogP contribution in [0.15, 0.2) is 22.7 Å². The number of nitrogens with one attached hydrogen (secondary N) is 1. The van der Waals surface area contributed by atoms with Crippen LogP contribution in [0.1, 0.15) is 26.3 Å². The van der Waals surface area contributed by atoms with Gasteiger partial charge in [-0.05, 0) is 45.4 Å². The Balaban J connectivity index is 3.00. The Morgan fingerprint density at radius 2 is 2.00 bits per heavy atom. The van der Waals surface area contributed by atoms with Gasteiger partial charge >= 0.3 is 12.0 Å². The monoisotopic (exact) mass is 342 g/mol. The summed E-state index contributed by atoms with van der Waals surface area (Å²) in [6, 6.07) is 5.04. The van der Waals surface area contributed by atoms with E-state index in [4.69, 9.17) is 0 Å². The van der Waals surface area contributed by atoms with E-state index in [2.05, 4.69) is 21.2 Å². The molecule has 0 aliphatic carbocycles. The average Bonchev–Trinajstić information content (AvgIpc) is 2.35. The predicted molar refractivity (Wildman–Crippen MR) is 82.0 cm³/mol. The van der Waals surface area contributed by atoms with Crippen LogP contribution in [0.25, 0.3) is 0 Å². The van der Waals surface area contributed by atoms with Gasteiger partial charge in [0.1, 0.15) is 5.54 Å². The molecule has 1 aromatic carbocycles. The van der Waals surface area contributed by atoms with E-state index in [0.29, 0.717) is 12.2 Å². The van der Waals surface area contributed by atoms with Crippen molar-refractivity contribution in [3.63, 3.8) is 0 Å². The van der Waals surface area contributed by atoms with Crippen molar-refractivity contribution in [2.75, 3.05) is 11.9 Å². The summed E-state index contributed by atoms with van der Waals surface area (Å²) in [4.78, 5) is 24.9. The minimum atomic E-state index is -1.27.